The molecule has 0 amide bonds. The number of halogens is 1. The third-order valence-electron chi connectivity index (χ3n) is 2.17. The first-order valence-electron chi connectivity index (χ1n) is 4.79. The smallest absolute Gasteiger partial charge is 0.178 e. The maximum atomic E-state index is 2.32. The molecule has 0 fully saturated rings. The molecule has 0 unspecified atom stereocenters. The highest BCUT2D eigenvalue weighted by molar-refractivity contribution is 4.93. The van der Waals surface area contributed by atoms with Crippen LogP contribution in [0.25, 0.3) is 0 Å². The zero-order chi connectivity index (χ0) is 8.81. The molecule has 1 rings (SSSR count). The second kappa shape index (κ2) is 7.07. The van der Waals surface area contributed by atoms with Gasteiger partial charge < -0.3 is 17.0 Å². The number of rotatable bonds is 4. The third kappa shape index (κ3) is 4.41. The van der Waals surface area contributed by atoms with Crippen LogP contribution in [-0.4, -0.2) is 0 Å². The minimum Gasteiger partial charge on any atom is -1.00 e. The van der Waals surface area contributed by atoms with Crippen molar-refractivity contribution < 1.29 is 21.5 Å². The van der Waals surface area contributed by atoms with Crippen LogP contribution in [0.4, 0.5) is 0 Å². The van der Waals surface area contributed by atoms with Crippen LogP contribution in [0.2, 0.25) is 0 Å². The Labute approximate surface area is 91.6 Å². The lowest BCUT2D eigenvalue weighted by molar-refractivity contribution is -0.703. The molecule has 0 saturated heterocycles. The monoisotopic (exact) mass is 243 g/mol. The van der Waals surface area contributed by atoms with E-state index in [1.54, 1.807) is 0 Å². The zero-order valence-corrected chi connectivity index (χ0v) is 10.0. The Morgan fingerprint density at radius 1 is 1.23 bits per heavy atom. The predicted octanol–water partition coefficient (Wildman–Crippen LogP) is -0.523. The SMILES string of the molecule is CCCCC[n+]1ccccc1C.[Br-]. The van der Waals surface area contributed by atoms with Crippen molar-refractivity contribution in [2.24, 2.45) is 0 Å². The van der Waals surface area contributed by atoms with Gasteiger partial charge in [0, 0.05) is 25.5 Å². The Hall–Kier alpha value is -0.370. The van der Waals surface area contributed by atoms with Gasteiger partial charge in [-0.3, -0.25) is 0 Å². The molecule has 0 atom stereocenters. The molecule has 74 valence electrons. The molecule has 2 heteroatoms. The summed E-state index contributed by atoms with van der Waals surface area (Å²) in [5.41, 5.74) is 1.36. The average Bonchev–Trinajstić information content (AvgIpc) is 2.09. The molecular formula is C11H18BrN. The lowest BCUT2D eigenvalue weighted by Gasteiger charge is -1.98. The van der Waals surface area contributed by atoms with Gasteiger partial charge in [0.25, 0.3) is 0 Å². The molecule has 0 bridgehead atoms. The van der Waals surface area contributed by atoms with Crippen molar-refractivity contribution in [2.75, 3.05) is 0 Å². The first-order chi connectivity index (χ1) is 5.84. The maximum absolute atomic E-state index is 2.32. The van der Waals surface area contributed by atoms with Gasteiger partial charge in [0.05, 0.1) is 0 Å². The molecular weight excluding hydrogens is 226 g/mol. The molecule has 0 aliphatic heterocycles. The van der Waals surface area contributed by atoms with Crippen LogP contribution < -0.4 is 21.5 Å². The van der Waals surface area contributed by atoms with E-state index in [1.165, 1.54) is 31.5 Å². The fourth-order valence-corrected chi connectivity index (χ4v) is 1.34. The van der Waals surface area contributed by atoms with Crippen LogP contribution in [0.5, 0.6) is 0 Å². The first kappa shape index (κ1) is 12.6. The van der Waals surface area contributed by atoms with Crippen molar-refractivity contribution in [3.05, 3.63) is 30.1 Å². The Morgan fingerprint density at radius 2 is 2.00 bits per heavy atom. The fourth-order valence-electron chi connectivity index (χ4n) is 1.34. The van der Waals surface area contributed by atoms with E-state index in [0.717, 1.165) is 0 Å². The van der Waals surface area contributed by atoms with Crippen LogP contribution >= 0.6 is 0 Å². The van der Waals surface area contributed by atoms with Gasteiger partial charge in [-0.2, -0.15) is 0 Å². The summed E-state index contributed by atoms with van der Waals surface area (Å²) in [6.07, 6.45) is 6.09. The number of unbranched alkanes of at least 4 members (excludes halogenated alkanes) is 2. The van der Waals surface area contributed by atoms with Gasteiger partial charge in [-0.05, 0) is 6.42 Å². The molecule has 0 aromatic carbocycles. The lowest BCUT2D eigenvalue weighted by Crippen LogP contribution is -3.00. The highest BCUT2D eigenvalue weighted by atomic mass is 79.9. The second-order valence-electron chi connectivity index (χ2n) is 3.24. The Balaban J connectivity index is 0.00000144. The Morgan fingerprint density at radius 3 is 2.62 bits per heavy atom. The quantitative estimate of drug-likeness (QED) is 0.495. The van der Waals surface area contributed by atoms with E-state index in [-0.39, 0.29) is 17.0 Å². The number of aromatic nitrogens is 1. The van der Waals surface area contributed by atoms with E-state index in [4.69, 9.17) is 0 Å². The summed E-state index contributed by atoms with van der Waals surface area (Å²) in [4.78, 5) is 0. The molecule has 0 N–H and O–H groups in total. The molecule has 0 radical (unpaired) electrons. The Bertz CT molecular complexity index is 235. The number of hydrogen-bond donors (Lipinski definition) is 0. The summed E-state index contributed by atoms with van der Waals surface area (Å²) in [5, 5.41) is 0. The third-order valence-corrected chi connectivity index (χ3v) is 2.17. The largest absolute Gasteiger partial charge is 1.00 e. The van der Waals surface area contributed by atoms with E-state index in [2.05, 4.69) is 42.8 Å². The van der Waals surface area contributed by atoms with Crippen LogP contribution in [0.1, 0.15) is 31.9 Å². The van der Waals surface area contributed by atoms with Gasteiger partial charge in [-0.1, -0.05) is 19.4 Å². The molecule has 0 aliphatic carbocycles. The average molecular weight is 244 g/mol. The summed E-state index contributed by atoms with van der Waals surface area (Å²) in [6, 6.07) is 6.34. The van der Waals surface area contributed by atoms with Gasteiger partial charge in [0.1, 0.15) is 6.54 Å². The molecule has 1 heterocycles. The van der Waals surface area contributed by atoms with E-state index in [0.29, 0.717) is 0 Å². The molecule has 1 aromatic heterocycles. The normalized spacial score (nSPS) is 9.38. The lowest BCUT2D eigenvalue weighted by atomic mass is 10.2. The molecule has 0 spiro atoms. The van der Waals surface area contributed by atoms with Crippen molar-refractivity contribution >= 4 is 0 Å². The fraction of sp³-hybridized carbons (Fsp3) is 0.545. The Kier molecular flexibility index (Phi) is 6.87. The summed E-state index contributed by atoms with van der Waals surface area (Å²) in [7, 11) is 0. The summed E-state index contributed by atoms with van der Waals surface area (Å²) in [5.74, 6) is 0. The van der Waals surface area contributed by atoms with Gasteiger partial charge in [-0.15, -0.1) is 0 Å². The van der Waals surface area contributed by atoms with Gasteiger partial charge in [0.2, 0.25) is 0 Å². The topological polar surface area (TPSA) is 3.88 Å². The second-order valence-corrected chi connectivity index (χ2v) is 3.24. The maximum Gasteiger partial charge on any atom is 0.178 e. The van der Waals surface area contributed by atoms with Crippen molar-refractivity contribution in [3.8, 4) is 0 Å². The van der Waals surface area contributed by atoms with Crippen LogP contribution in [0, 0.1) is 6.92 Å². The standard InChI is InChI=1S/C11H18N.BrH/c1-3-4-6-9-12-10-7-5-8-11(12)2;/h5,7-8,10H,3-4,6,9H2,1-2H3;1H/q+1;/p-1. The van der Waals surface area contributed by atoms with Crippen molar-refractivity contribution in [1.29, 1.82) is 0 Å². The summed E-state index contributed by atoms with van der Waals surface area (Å²) in [6.45, 7) is 5.56. The number of hydrogen-bond acceptors (Lipinski definition) is 0. The van der Waals surface area contributed by atoms with E-state index in [9.17, 15) is 0 Å². The minimum atomic E-state index is 0. The van der Waals surface area contributed by atoms with Crippen LogP contribution in [0.3, 0.4) is 0 Å². The highest BCUT2D eigenvalue weighted by Crippen LogP contribution is 1.95. The molecule has 0 aliphatic rings. The van der Waals surface area contributed by atoms with E-state index < -0.39 is 0 Å². The summed E-state index contributed by atoms with van der Waals surface area (Å²) < 4.78 is 2.32. The number of pyridine rings is 1. The van der Waals surface area contributed by atoms with Gasteiger partial charge >= 0.3 is 0 Å². The molecule has 1 aromatic rings. The molecule has 0 saturated carbocycles. The van der Waals surface area contributed by atoms with Crippen LogP contribution in [-0.2, 0) is 6.54 Å². The molecule has 1 nitrogen and oxygen atoms in total. The minimum absolute atomic E-state index is 0. The zero-order valence-electron chi connectivity index (χ0n) is 8.46. The number of aryl methyl sites for hydroxylation is 2. The van der Waals surface area contributed by atoms with Crippen molar-refractivity contribution in [1.82, 2.24) is 0 Å². The first-order valence-corrected chi connectivity index (χ1v) is 4.79. The number of nitrogens with zero attached hydrogens (tertiary/aromatic N) is 1. The van der Waals surface area contributed by atoms with Crippen LogP contribution in [0.15, 0.2) is 24.4 Å². The van der Waals surface area contributed by atoms with Gasteiger partial charge in [0.15, 0.2) is 11.9 Å². The molecule has 13 heavy (non-hydrogen) atoms. The highest BCUT2D eigenvalue weighted by Gasteiger charge is 2.01. The van der Waals surface area contributed by atoms with E-state index >= 15 is 0 Å². The van der Waals surface area contributed by atoms with Crippen molar-refractivity contribution in [3.63, 3.8) is 0 Å². The van der Waals surface area contributed by atoms with E-state index in [1.807, 2.05) is 0 Å². The van der Waals surface area contributed by atoms with Gasteiger partial charge in [-0.25, -0.2) is 4.57 Å². The van der Waals surface area contributed by atoms with Crippen molar-refractivity contribution in [2.45, 2.75) is 39.7 Å². The summed E-state index contributed by atoms with van der Waals surface area (Å²) >= 11 is 0. The predicted molar refractivity (Wildman–Crippen MR) is 50.9 cm³/mol.